The Morgan fingerprint density at radius 2 is 2.00 bits per heavy atom. The van der Waals surface area contributed by atoms with Crippen LogP contribution in [0.25, 0.3) is 0 Å². The van der Waals surface area contributed by atoms with E-state index >= 15 is 0 Å². The van der Waals surface area contributed by atoms with Gasteiger partial charge >= 0.3 is 6.03 Å². The molecular weight excluding hydrogens is 285 g/mol. The van der Waals surface area contributed by atoms with E-state index in [2.05, 4.69) is 12.2 Å². The van der Waals surface area contributed by atoms with Crippen LogP contribution in [0.1, 0.15) is 6.92 Å². The van der Waals surface area contributed by atoms with Crippen molar-refractivity contribution in [2.24, 2.45) is 0 Å². The van der Waals surface area contributed by atoms with Crippen molar-refractivity contribution in [1.29, 1.82) is 0 Å². The van der Waals surface area contributed by atoms with Crippen molar-refractivity contribution in [3.8, 4) is 0 Å². The monoisotopic (exact) mass is 302 g/mol. The average Bonchev–Trinajstić information content (AvgIpc) is 2.43. The number of nitrogens with one attached hydrogen (secondary N) is 2. The lowest BCUT2D eigenvalue weighted by Crippen LogP contribution is -3.14. The fourth-order valence-electron chi connectivity index (χ4n) is 2.16. The molecule has 1 heterocycles. The molecule has 2 amide bonds. The van der Waals surface area contributed by atoms with Gasteiger partial charge in [0.05, 0.1) is 42.8 Å². The van der Waals surface area contributed by atoms with Gasteiger partial charge in [-0.15, -0.1) is 0 Å². The number of carbonyl (C=O) groups excluding carboxylic acids is 1. The van der Waals surface area contributed by atoms with Crippen LogP contribution < -0.4 is 10.2 Å². The van der Waals surface area contributed by atoms with Crippen LogP contribution >= 0.6 is 23.2 Å². The van der Waals surface area contributed by atoms with Gasteiger partial charge in [-0.25, -0.2) is 4.79 Å². The number of anilines is 1. The van der Waals surface area contributed by atoms with Crippen molar-refractivity contribution >= 4 is 34.9 Å². The van der Waals surface area contributed by atoms with Gasteiger partial charge in [0.25, 0.3) is 0 Å². The van der Waals surface area contributed by atoms with Gasteiger partial charge in [0.1, 0.15) is 0 Å². The number of piperazine rings is 1. The fraction of sp³-hybridized carbons (Fsp3) is 0.462. The zero-order valence-corrected chi connectivity index (χ0v) is 12.4. The standard InChI is InChI=1S/C13H17Cl2N3O/c1-2-17-5-7-18(8-6-17)13(19)16-10-3-4-11(14)12(15)9-10/h3-4,9H,2,5-8H2,1H3,(H,16,19)/p+1. The molecule has 0 atom stereocenters. The van der Waals surface area contributed by atoms with Crippen LogP contribution in [0.3, 0.4) is 0 Å². The summed E-state index contributed by atoms with van der Waals surface area (Å²) < 4.78 is 0. The lowest BCUT2D eigenvalue weighted by molar-refractivity contribution is -0.902. The molecule has 0 unspecified atom stereocenters. The maximum absolute atomic E-state index is 12.1. The maximum atomic E-state index is 12.1. The number of benzene rings is 1. The molecule has 1 aliphatic heterocycles. The Bertz CT molecular complexity index is 459. The number of likely N-dealkylation sites (N-methyl/N-ethyl adjacent to an activating group) is 1. The molecule has 6 heteroatoms. The number of urea groups is 1. The van der Waals surface area contributed by atoms with Gasteiger partial charge < -0.3 is 15.1 Å². The average molecular weight is 303 g/mol. The smallest absolute Gasteiger partial charge is 0.322 e. The van der Waals surface area contributed by atoms with Crippen LogP contribution in [0, 0.1) is 0 Å². The Labute approximate surface area is 123 Å². The SMILES string of the molecule is CC[NH+]1CCN(C(=O)Nc2ccc(Cl)c(Cl)c2)CC1. The minimum Gasteiger partial charge on any atom is -0.332 e. The summed E-state index contributed by atoms with van der Waals surface area (Å²) in [5.41, 5.74) is 0.671. The molecule has 4 nitrogen and oxygen atoms in total. The van der Waals surface area contributed by atoms with Crippen molar-refractivity contribution in [3.05, 3.63) is 28.2 Å². The van der Waals surface area contributed by atoms with Crippen LogP contribution in [0.2, 0.25) is 10.0 Å². The highest BCUT2D eigenvalue weighted by molar-refractivity contribution is 6.42. The van der Waals surface area contributed by atoms with Gasteiger partial charge in [0.15, 0.2) is 0 Å². The van der Waals surface area contributed by atoms with Gasteiger partial charge in [-0.05, 0) is 25.1 Å². The van der Waals surface area contributed by atoms with Gasteiger partial charge in [0.2, 0.25) is 0 Å². The Hall–Kier alpha value is -0.970. The molecule has 1 fully saturated rings. The topological polar surface area (TPSA) is 36.8 Å². The molecule has 2 N–H and O–H groups in total. The minimum absolute atomic E-state index is 0.0754. The molecule has 0 saturated carbocycles. The molecule has 19 heavy (non-hydrogen) atoms. The molecule has 104 valence electrons. The Morgan fingerprint density at radius 3 is 2.58 bits per heavy atom. The predicted octanol–water partition coefficient (Wildman–Crippen LogP) is 1.75. The van der Waals surface area contributed by atoms with Crippen LogP contribution in [-0.4, -0.2) is 43.7 Å². The quantitative estimate of drug-likeness (QED) is 0.858. The number of halogens is 2. The first-order valence-electron chi connectivity index (χ1n) is 6.44. The number of amides is 2. The van der Waals surface area contributed by atoms with Crippen LogP contribution in [-0.2, 0) is 0 Å². The first-order valence-corrected chi connectivity index (χ1v) is 7.20. The summed E-state index contributed by atoms with van der Waals surface area (Å²) in [7, 11) is 0. The van der Waals surface area contributed by atoms with Gasteiger partial charge in [-0.3, -0.25) is 0 Å². The second kappa shape index (κ2) is 6.46. The first kappa shape index (κ1) is 14.4. The highest BCUT2D eigenvalue weighted by Gasteiger charge is 2.22. The fourth-order valence-corrected chi connectivity index (χ4v) is 2.45. The van der Waals surface area contributed by atoms with Gasteiger partial charge in [-0.1, -0.05) is 23.2 Å². The molecule has 0 spiro atoms. The molecule has 2 rings (SSSR count). The number of hydrogen-bond acceptors (Lipinski definition) is 1. The van der Waals surface area contributed by atoms with Gasteiger partial charge in [0, 0.05) is 5.69 Å². The number of hydrogen-bond donors (Lipinski definition) is 2. The predicted molar refractivity (Wildman–Crippen MR) is 78.3 cm³/mol. The molecule has 1 aromatic carbocycles. The van der Waals surface area contributed by atoms with Crippen LogP contribution in [0.15, 0.2) is 18.2 Å². The number of rotatable bonds is 2. The Kier molecular flexibility index (Phi) is 4.91. The van der Waals surface area contributed by atoms with Crippen LogP contribution in [0.5, 0.6) is 0 Å². The van der Waals surface area contributed by atoms with E-state index in [0.29, 0.717) is 15.7 Å². The summed E-state index contributed by atoms with van der Waals surface area (Å²) in [6.45, 7) is 6.87. The highest BCUT2D eigenvalue weighted by Crippen LogP contribution is 2.25. The summed E-state index contributed by atoms with van der Waals surface area (Å²) in [6.07, 6.45) is 0. The molecule has 1 aliphatic rings. The van der Waals surface area contributed by atoms with E-state index in [-0.39, 0.29) is 6.03 Å². The van der Waals surface area contributed by atoms with Crippen molar-refractivity contribution in [3.63, 3.8) is 0 Å². The lowest BCUT2D eigenvalue weighted by atomic mass is 10.3. The van der Waals surface area contributed by atoms with E-state index in [1.807, 2.05) is 4.90 Å². The third-order valence-corrected chi connectivity index (χ3v) is 4.17. The second-order valence-electron chi connectivity index (χ2n) is 4.65. The summed E-state index contributed by atoms with van der Waals surface area (Å²) in [5.74, 6) is 0. The number of quaternary nitrogens is 1. The van der Waals surface area contributed by atoms with Crippen LogP contribution in [0.4, 0.5) is 10.5 Å². The minimum atomic E-state index is -0.0754. The number of nitrogens with zero attached hydrogens (tertiary/aromatic N) is 1. The normalized spacial score (nSPS) is 16.5. The summed E-state index contributed by atoms with van der Waals surface area (Å²) in [6, 6.07) is 5.02. The second-order valence-corrected chi connectivity index (χ2v) is 5.46. The molecule has 0 bridgehead atoms. The third kappa shape index (κ3) is 3.75. The Morgan fingerprint density at radius 1 is 1.32 bits per heavy atom. The van der Waals surface area contributed by atoms with E-state index < -0.39 is 0 Å². The maximum Gasteiger partial charge on any atom is 0.322 e. The summed E-state index contributed by atoms with van der Waals surface area (Å²) in [4.78, 5) is 15.5. The number of carbonyl (C=O) groups is 1. The zero-order valence-electron chi connectivity index (χ0n) is 10.9. The Balaban J connectivity index is 1.92. The van der Waals surface area contributed by atoms with Gasteiger partial charge in [-0.2, -0.15) is 0 Å². The van der Waals surface area contributed by atoms with E-state index in [4.69, 9.17) is 23.2 Å². The third-order valence-electron chi connectivity index (χ3n) is 3.43. The summed E-state index contributed by atoms with van der Waals surface area (Å²) in [5, 5.41) is 3.78. The van der Waals surface area contributed by atoms with Crippen molar-refractivity contribution in [1.82, 2.24) is 4.90 Å². The molecular formula is C13H18Cl2N3O+. The van der Waals surface area contributed by atoms with E-state index in [0.717, 1.165) is 32.7 Å². The van der Waals surface area contributed by atoms with E-state index in [1.54, 1.807) is 23.1 Å². The molecule has 0 aromatic heterocycles. The van der Waals surface area contributed by atoms with E-state index in [9.17, 15) is 4.79 Å². The highest BCUT2D eigenvalue weighted by atomic mass is 35.5. The lowest BCUT2D eigenvalue weighted by Gasteiger charge is -2.31. The van der Waals surface area contributed by atoms with Crippen molar-refractivity contribution < 1.29 is 9.69 Å². The summed E-state index contributed by atoms with van der Waals surface area (Å²) >= 11 is 11.8. The molecule has 0 radical (unpaired) electrons. The zero-order chi connectivity index (χ0) is 13.8. The first-order chi connectivity index (χ1) is 9.10. The molecule has 1 saturated heterocycles. The largest absolute Gasteiger partial charge is 0.332 e. The van der Waals surface area contributed by atoms with Crippen molar-refractivity contribution in [2.75, 3.05) is 38.0 Å². The molecule has 0 aliphatic carbocycles. The van der Waals surface area contributed by atoms with E-state index in [1.165, 1.54) is 0 Å². The molecule has 1 aromatic rings. The van der Waals surface area contributed by atoms with Crippen molar-refractivity contribution in [2.45, 2.75) is 6.92 Å².